The quantitative estimate of drug-likeness (QED) is 0.883. The van der Waals surface area contributed by atoms with Gasteiger partial charge in [-0.25, -0.2) is 12.8 Å². The minimum atomic E-state index is -3.77. The van der Waals surface area contributed by atoms with E-state index < -0.39 is 27.8 Å². The lowest BCUT2D eigenvalue weighted by Gasteiger charge is -2.29. The smallest absolute Gasteiger partial charge is 0.243 e. The summed E-state index contributed by atoms with van der Waals surface area (Å²) in [7, 11) is -2.36. The van der Waals surface area contributed by atoms with Crippen LogP contribution in [0.1, 0.15) is 13.3 Å². The second-order valence-electron chi connectivity index (χ2n) is 4.05. The number of nitrogens with one attached hydrogen (secondary N) is 1. The van der Waals surface area contributed by atoms with Crippen molar-refractivity contribution >= 4 is 21.6 Å². The van der Waals surface area contributed by atoms with Gasteiger partial charge in [-0.2, -0.15) is 0 Å². The van der Waals surface area contributed by atoms with Gasteiger partial charge in [0.2, 0.25) is 15.9 Å². The topological polar surface area (TPSA) is 66.5 Å². The van der Waals surface area contributed by atoms with Crippen LogP contribution in [-0.4, -0.2) is 33.7 Å². The van der Waals surface area contributed by atoms with E-state index in [1.807, 2.05) is 0 Å². The van der Waals surface area contributed by atoms with Gasteiger partial charge in [-0.1, -0.05) is 19.1 Å². The van der Waals surface area contributed by atoms with Crippen LogP contribution in [0.5, 0.6) is 0 Å². The largest absolute Gasteiger partial charge is 0.357 e. The van der Waals surface area contributed by atoms with Crippen LogP contribution in [0.2, 0.25) is 0 Å². The van der Waals surface area contributed by atoms with E-state index in [4.69, 9.17) is 0 Å². The average molecular weight is 288 g/mol. The molecular formula is C12H17FN2O3S. The van der Waals surface area contributed by atoms with Crippen molar-refractivity contribution in [2.45, 2.75) is 19.4 Å². The zero-order valence-electron chi connectivity index (χ0n) is 11.1. The number of hydrogen-bond acceptors (Lipinski definition) is 3. The number of sulfonamides is 1. The predicted octanol–water partition coefficient (Wildman–Crippen LogP) is 1.12. The molecule has 0 fully saturated rings. The van der Waals surface area contributed by atoms with Crippen LogP contribution in [0, 0.1) is 5.82 Å². The summed E-state index contributed by atoms with van der Waals surface area (Å²) in [6, 6.07) is 4.50. The molecule has 1 aromatic carbocycles. The summed E-state index contributed by atoms with van der Waals surface area (Å²) in [5.41, 5.74) is -0.125. The summed E-state index contributed by atoms with van der Waals surface area (Å²) in [5.74, 6) is -1.16. The summed E-state index contributed by atoms with van der Waals surface area (Å²) in [6.07, 6.45) is 1.19. The fourth-order valence-corrected chi connectivity index (χ4v) is 3.04. The molecular weight excluding hydrogens is 271 g/mol. The van der Waals surface area contributed by atoms with Crippen molar-refractivity contribution < 1.29 is 17.6 Å². The highest BCUT2D eigenvalue weighted by atomic mass is 32.2. The first-order valence-corrected chi connectivity index (χ1v) is 7.63. The summed E-state index contributed by atoms with van der Waals surface area (Å²) in [5, 5.41) is 2.39. The molecule has 0 heterocycles. The zero-order chi connectivity index (χ0) is 14.6. The SMILES string of the molecule is CC[C@@H](C(=O)NC)N(c1ccccc1F)S(C)(=O)=O. The van der Waals surface area contributed by atoms with Crippen LogP contribution < -0.4 is 9.62 Å². The van der Waals surface area contributed by atoms with Gasteiger partial charge < -0.3 is 5.32 Å². The number of anilines is 1. The molecule has 106 valence electrons. The van der Waals surface area contributed by atoms with Gasteiger partial charge >= 0.3 is 0 Å². The van der Waals surface area contributed by atoms with Crippen molar-refractivity contribution in [1.29, 1.82) is 0 Å². The standard InChI is InChI=1S/C12H17FN2O3S/c1-4-10(12(16)14-2)15(19(3,17)18)11-8-6-5-7-9(11)13/h5-8,10H,4H2,1-3H3,(H,14,16)/t10-/m0/s1. The summed E-state index contributed by atoms with van der Waals surface area (Å²) < 4.78 is 38.4. The second-order valence-corrected chi connectivity index (χ2v) is 5.91. The molecule has 0 aliphatic rings. The zero-order valence-corrected chi connectivity index (χ0v) is 11.9. The van der Waals surface area contributed by atoms with Crippen LogP contribution in [0.4, 0.5) is 10.1 Å². The number of carbonyl (C=O) groups is 1. The molecule has 0 aliphatic carbocycles. The predicted molar refractivity (Wildman–Crippen MR) is 71.9 cm³/mol. The van der Waals surface area contributed by atoms with Crippen LogP contribution in [0.3, 0.4) is 0 Å². The molecule has 0 saturated heterocycles. The van der Waals surface area contributed by atoms with E-state index in [2.05, 4.69) is 5.32 Å². The van der Waals surface area contributed by atoms with Crippen molar-refractivity contribution in [3.8, 4) is 0 Å². The van der Waals surface area contributed by atoms with E-state index in [9.17, 15) is 17.6 Å². The number of carbonyl (C=O) groups excluding carboxylic acids is 1. The number of halogens is 1. The highest BCUT2D eigenvalue weighted by Gasteiger charge is 2.32. The molecule has 0 bridgehead atoms. The molecule has 0 saturated carbocycles. The van der Waals surface area contributed by atoms with Gasteiger partial charge in [0.1, 0.15) is 11.9 Å². The number of likely N-dealkylation sites (N-methyl/N-ethyl adjacent to an activating group) is 1. The number of para-hydroxylation sites is 1. The van der Waals surface area contributed by atoms with E-state index in [-0.39, 0.29) is 12.1 Å². The van der Waals surface area contributed by atoms with Gasteiger partial charge in [-0.3, -0.25) is 9.10 Å². The third kappa shape index (κ3) is 3.44. The number of benzene rings is 1. The number of amides is 1. The molecule has 0 aliphatic heterocycles. The van der Waals surface area contributed by atoms with Crippen molar-refractivity contribution in [3.63, 3.8) is 0 Å². The minimum absolute atomic E-state index is 0.125. The van der Waals surface area contributed by atoms with E-state index in [0.717, 1.165) is 16.6 Å². The van der Waals surface area contributed by atoms with Gasteiger partial charge in [-0.15, -0.1) is 0 Å². The Morgan fingerprint density at radius 3 is 2.42 bits per heavy atom. The second kappa shape index (κ2) is 6.01. The molecule has 0 radical (unpaired) electrons. The first-order chi connectivity index (χ1) is 8.82. The van der Waals surface area contributed by atoms with Crippen molar-refractivity contribution in [3.05, 3.63) is 30.1 Å². The molecule has 1 rings (SSSR count). The van der Waals surface area contributed by atoms with Gasteiger partial charge in [0.25, 0.3) is 0 Å². The van der Waals surface area contributed by atoms with Crippen LogP contribution in [-0.2, 0) is 14.8 Å². The fourth-order valence-electron chi connectivity index (χ4n) is 1.83. The molecule has 7 heteroatoms. The van der Waals surface area contributed by atoms with Gasteiger partial charge in [0.05, 0.1) is 11.9 Å². The van der Waals surface area contributed by atoms with E-state index in [1.54, 1.807) is 6.92 Å². The fraction of sp³-hybridized carbons (Fsp3) is 0.417. The van der Waals surface area contributed by atoms with Gasteiger partial charge in [0, 0.05) is 7.05 Å². The molecule has 1 N–H and O–H groups in total. The van der Waals surface area contributed by atoms with E-state index in [1.165, 1.54) is 25.2 Å². The Labute approximate surface area is 112 Å². The first kappa shape index (κ1) is 15.4. The molecule has 5 nitrogen and oxygen atoms in total. The maximum absolute atomic E-state index is 13.8. The maximum Gasteiger partial charge on any atom is 0.243 e. The number of nitrogens with zero attached hydrogens (tertiary/aromatic N) is 1. The van der Waals surface area contributed by atoms with Crippen LogP contribution in [0.15, 0.2) is 24.3 Å². The normalized spacial score (nSPS) is 12.8. The lowest BCUT2D eigenvalue weighted by atomic mass is 10.2. The lowest BCUT2D eigenvalue weighted by molar-refractivity contribution is -0.121. The van der Waals surface area contributed by atoms with Crippen LogP contribution >= 0.6 is 0 Å². The van der Waals surface area contributed by atoms with Gasteiger partial charge in [0.15, 0.2) is 0 Å². The van der Waals surface area contributed by atoms with Crippen LogP contribution in [0.25, 0.3) is 0 Å². The monoisotopic (exact) mass is 288 g/mol. The molecule has 19 heavy (non-hydrogen) atoms. The lowest BCUT2D eigenvalue weighted by Crippen LogP contribution is -2.48. The Bertz CT molecular complexity index is 560. The summed E-state index contributed by atoms with van der Waals surface area (Å²) in [4.78, 5) is 11.8. The molecule has 0 spiro atoms. The molecule has 1 amide bonds. The maximum atomic E-state index is 13.8. The Balaban J connectivity index is 3.39. The highest BCUT2D eigenvalue weighted by Crippen LogP contribution is 2.25. The average Bonchev–Trinajstić information content (AvgIpc) is 2.35. The van der Waals surface area contributed by atoms with Gasteiger partial charge in [-0.05, 0) is 18.6 Å². The van der Waals surface area contributed by atoms with E-state index in [0.29, 0.717) is 0 Å². The third-order valence-corrected chi connectivity index (χ3v) is 3.83. The molecule has 1 aromatic rings. The van der Waals surface area contributed by atoms with E-state index >= 15 is 0 Å². The minimum Gasteiger partial charge on any atom is -0.357 e. The third-order valence-electron chi connectivity index (χ3n) is 2.67. The molecule has 1 atom stereocenters. The first-order valence-electron chi connectivity index (χ1n) is 5.78. The highest BCUT2D eigenvalue weighted by molar-refractivity contribution is 7.92. The molecule has 0 aromatic heterocycles. The Morgan fingerprint density at radius 1 is 1.42 bits per heavy atom. The Hall–Kier alpha value is -1.63. The van der Waals surface area contributed by atoms with Crippen molar-refractivity contribution in [2.75, 3.05) is 17.6 Å². The number of hydrogen-bond donors (Lipinski definition) is 1. The summed E-state index contributed by atoms with van der Waals surface area (Å²) in [6.45, 7) is 1.67. The Morgan fingerprint density at radius 2 is 2.00 bits per heavy atom. The molecule has 0 unspecified atom stereocenters. The van der Waals surface area contributed by atoms with Crippen molar-refractivity contribution in [2.24, 2.45) is 0 Å². The number of rotatable bonds is 5. The van der Waals surface area contributed by atoms with Crippen molar-refractivity contribution in [1.82, 2.24) is 5.32 Å². The summed E-state index contributed by atoms with van der Waals surface area (Å²) >= 11 is 0. The Kier molecular flexibility index (Phi) is 4.88.